The molecule has 1 aliphatic heterocycles. The third kappa shape index (κ3) is 5.14. The van der Waals surface area contributed by atoms with Crippen LogP contribution in [0.2, 0.25) is 5.02 Å². The van der Waals surface area contributed by atoms with Crippen LogP contribution < -0.4 is 5.32 Å². The second-order valence-electron chi connectivity index (χ2n) is 6.59. The van der Waals surface area contributed by atoms with E-state index in [2.05, 4.69) is 10.3 Å². The monoisotopic (exact) mass is 415 g/mol. The summed E-state index contributed by atoms with van der Waals surface area (Å²) in [6.45, 7) is 4.61. The molecule has 0 aromatic heterocycles. The number of amidine groups is 1. The molecule has 7 heteroatoms. The minimum absolute atomic E-state index is 0.0653. The van der Waals surface area contributed by atoms with Gasteiger partial charge in [0.05, 0.1) is 5.69 Å². The van der Waals surface area contributed by atoms with Crippen molar-refractivity contribution in [3.63, 3.8) is 0 Å². The number of hydrogen-bond acceptors (Lipinski definition) is 4. The van der Waals surface area contributed by atoms with Gasteiger partial charge in [0.2, 0.25) is 11.8 Å². The zero-order valence-corrected chi connectivity index (χ0v) is 17.4. The summed E-state index contributed by atoms with van der Waals surface area (Å²) in [5.41, 5.74) is 2.57. The first-order valence-corrected chi connectivity index (χ1v) is 10.4. The van der Waals surface area contributed by atoms with Crippen molar-refractivity contribution >= 4 is 51.7 Å². The molecule has 0 unspecified atom stereocenters. The first-order valence-electron chi connectivity index (χ1n) is 9.15. The second kappa shape index (κ2) is 9.26. The normalized spacial score (nSPS) is 18.0. The lowest BCUT2D eigenvalue weighted by atomic mass is 10.2. The Bertz CT molecular complexity index is 899. The lowest BCUT2D eigenvalue weighted by Crippen LogP contribution is -2.34. The van der Waals surface area contributed by atoms with Gasteiger partial charge in [-0.05, 0) is 55.3 Å². The molecule has 0 aliphatic carbocycles. The fraction of sp³-hybridized carbons (Fsp3) is 0.286. The predicted octanol–water partition coefficient (Wildman–Crippen LogP) is 5.02. The lowest BCUT2D eigenvalue weighted by molar-refractivity contribution is -0.128. The van der Waals surface area contributed by atoms with Crippen LogP contribution in [0.1, 0.15) is 25.3 Å². The Morgan fingerprint density at radius 2 is 2.00 bits per heavy atom. The van der Waals surface area contributed by atoms with Crippen molar-refractivity contribution in [3.05, 3.63) is 59.1 Å². The molecule has 1 saturated heterocycles. The van der Waals surface area contributed by atoms with E-state index < -0.39 is 5.25 Å². The van der Waals surface area contributed by atoms with Crippen LogP contribution in [-0.2, 0) is 9.59 Å². The summed E-state index contributed by atoms with van der Waals surface area (Å²) in [5, 5.41) is 3.60. The number of carbonyl (C=O) groups excluding carboxylic acids is 2. The molecule has 0 spiro atoms. The van der Waals surface area contributed by atoms with Crippen molar-refractivity contribution < 1.29 is 9.59 Å². The number of aliphatic imine (C=N–C) groups is 1. The molecule has 0 radical (unpaired) electrons. The first kappa shape index (κ1) is 20.4. The van der Waals surface area contributed by atoms with Crippen molar-refractivity contribution in [1.29, 1.82) is 0 Å². The molecule has 146 valence electrons. The van der Waals surface area contributed by atoms with Crippen LogP contribution >= 0.6 is 23.4 Å². The maximum atomic E-state index is 12.8. The highest BCUT2D eigenvalue weighted by atomic mass is 35.5. The van der Waals surface area contributed by atoms with Gasteiger partial charge in [-0.25, -0.2) is 4.99 Å². The van der Waals surface area contributed by atoms with E-state index >= 15 is 0 Å². The van der Waals surface area contributed by atoms with E-state index in [1.165, 1.54) is 11.8 Å². The molecule has 1 atom stereocenters. The summed E-state index contributed by atoms with van der Waals surface area (Å²) in [6.07, 6.45) is 0.919. The second-order valence-corrected chi connectivity index (χ2v) is 8.20. The topological polar surface area (TPSA) is 61.8 Å². The van der Waals surface area contributed by atoms with Crippen molar-refractivity contribution in [2.45, 2.75) is 31.9 Å². The molecule has 2 aromatic carbocycles. The highest BCUT2D eigenvalue weighted by molar-refractivity contribution is 8.15. The van der Waals surface area contributed by atoms with E-state index in [9.17, 15) is 9.59 Å². The number of anilines is 1. The van der Waals surface area contributed by atoms with Gasteiger partial charge in [0.15, 0.2) is 5.17 Å². The smallest absolute Gasteiger partial charge is 0.242 e. The standard InChI is InChI=1S/C21H22ClN3O2S/c1-3-11-25-20(27)18(13-19(26)23-16-9-7-15(22)8-10-16)28-21(25)24-17-6-4-5-14(2)12-17/h4-10,12,18H,3,11,13H2,1-2H3,(H,23,26)/t18-/m1/s1. The van der Waals surface area contributed by atoms with Crippen molar-refractivity contribution in [3.8, 4) is 0 Å². The van der Waals surface area contributed by atoms with Crippen molar-refractivity contribution in [2.24, 2.45) is 4.99 Å². The summed E-state index contributed by atoms with van der Waals surface area (Å²) in [5.74, 6) is -0.272. The van der Waals surface area contributed by atoms with E-state index in [1.807, 2.05) is 38.1 Å². The third-order valence-corrected chi connectivity index (χ3v) is 5.62. The zero-order valence-electron chi connectivity index (χ0n) is 15.8. The van der Waals surface area contributed by atoms with Gasteiger partial charge in [0.25, 0.3) is 0 Å². The Labute approximate surface area is 174 Å². The molecule has 1 N–H and O–H groups in total. The average molecular weight is 416 g/mol. The SMILES string of the molecule is CCCN1C(=O)[C@@H](CC(=O)Nc2ccc(Cl)cc2)SC1=Nc1cccc(C)c1. The summed E-state index contributed by atoms with van der Waals surface area (Å²) in [6, 6.07) is 14.7. The van der Waals surface area contributed by atoms with E-state index in [4.69, 9.17) is 11.6 Å². The predicted molar refractivity (Wildman–Crippen MR) is 116 cm³/mol. The van der Waals surface area contributed by atoms with Crippen LogP contribution in [0, 0.1) is 6.92 Å². The molecule has 3 rings (SSSR count). The van der Waals surface area contributed by atoms with Crippen LogP contribution in [0.25, 0.3) is 0 Å². The number of nitrogens with one attached hydrogen (secondary N) is 1. The molecule has 2 amide bonds. The first-order chi connectivity index (χ1) is 13.5. The molecule has 0 saturated carbocycles. The van der Waals surface area contributed by atoms with Crippen LogP contribution in [0.5, 0.6) is 0 Å². The molecule has 2 aromatic rings. The van der Waals surface area contributed by atoms with Crippen molar-refractivity contribution in [2.75, 3.05) is 11.9 Å². The summed E-state index contributed by atoms with van der Waals surface area (Å²) in [4.78, 5) is 31.6. The van der Waals surface area contributed by atoms with Crippen LogP contribution in [-0.4, -0.2) is 33.7 Å². The summed E-state index contributed by atoms with van der Waals surface area (Å²) in [7, 11) is 0. The highest BCUT2D eigenvalue weighted by Gasteiger charge is 2.38. The fourth-order valence-corrected chi connectivity index (χ4v) is 4.19. The molecule has 1 heterocycles. The molecular weight excluding hydrogens is 394 g/mol. The van der Waals surface area contributed by atoms with Gasteiger partial charge >= 0.3 is 0 Å². The largest absolute Gasteiger partial charge is 0.326 e. The Balaban J connectivity index is 1.72. The minimum Gasteiger partial charge on any atom is -0.326 e. The molecule has 28 heavy (non-hydrogen) atoms. The number of benzene rings is 2. The minimum atomic E-state index is -0.470. The van der Waals surface area contributed by atoms with Crippen molar-refractivity contribution in [1.82, 2.24) is 4.90 Å². The molecule has 1 aliphatic rings. The Morgan fingerprint density at radius 1 is 1.25 bits per heavy atom. The Morgan fingerprint density at radius 3 is 2.68 bits per heavy atom. The van der Waals surface area contributed by atoms with Gasteiger partial charge in [-0.3, -0.25) is 14.5 Å². The van der Waals surface area contributed by atoms with E-state index in [0.717, 1.165) is 17.7 Å². The van der Waals surface area contributed by atoms with Gasteiger partial charge in [-0.1, -0.05) is 42.4 Å². The summed E-state index contributed by atoms with van der Waals surface area (Å²) < 4.78 is 0. The Hall–Kier alpha value is -2.31. The highest BCUT2D eigenvalue weighted by Crippen LogP contribution is 2.32. The van der Waals surface area contributed by atoms with E-state index in [1.54, 1.807) is 29.2 Å². The fourth-order valence-electron chi connectivity index (χ4n) is 2.88. The van der Waals surface area contributed by atoms with Crippen LogP contribution in [0.15, 0.2) is 53.5 Å². The van der Waals surface area contributed by atoms with E-state index in [-0.39, 0.29) is 18.2 Å². The number of nitrogens with zero attached hydrogens (tertiary/aromatic N) is 2. The van der Waals surface area contributed by atoms with Gasteiger partial charge in [-0.15, -0.1) is 0 Å². The lowest BCUT2D eigenvalue weighted by Gasteiger charge is -2.15. The maximum absolute atomic E-state index is 12.8. The van der Waals surface area contributed by atoms with Crippen LogP contribution in [0.3, 0.4) is 0 Å². The quantitative estimate of drug-likeness (QED) is 0.720. The third-order valence-electron chi connectivity index (χ3n) is 4.19. The van der Waals surface area contributed by atoms with Gasteiger partial charge in [-0.2, -0.15) is 0 Å². The van der Waals surface area contributed by atoms with Gasteiger partial charge in [0.1, 0.15) is 5.25 Å². The maximum Gasteiger partial charge on any atom is 0.242 e. The molecule has 1 fully saturated rings. The molecular formula is C21H22ClN3O2S. The van der Waals surface area contributed by atoms with Gasteiger partial charge < -0.3 is 5.32 Å². The van der Waals surface area contributed by atoms with Gasteiger partial charge in [0, 0.05) is 23.7 Å². The number of amides is 2. The Kier molecular flexibility index (Phi) is 6.75. The number of rotatable bonds is 6. The van der Waals surface area contributed by atoms with E-state index in [0.29, 0.717) is 22.4 Å². The average Bonchev–Trinajstić information content (AvgIpc) is 2.93. The number of hydrogen-bond donors (Lipinski definition) is 1. The number of carbonyl (C=O) groups is 2. The summed E-state index contributed by atoms with van der Waals surface area (Å²) >= 11 is 7.22. The number of thioether (sulfide) groups is 1. The van der Waals surface area contributed by atoms with Crippen LogP contribution in [0.4, 0.5) is 11.4 Å². The zero-order chi connectivity index (χ0) is 20.1. The number of halogens is 1. The molecule has 5 nitrogen and oxygen atoms in total. The molecule has 0 bridgehead atoms. The number of aryl methyl sites for hydroxylation is 1.